The van der Waals surface area contributed by atoms with E-state index >= 15 is 0 Å². The van der Waals surface area contributed by atoms with E-state index in [0.29, 0.717) is 48.9 Å². The Morgan fingerprint density at radius 1 is 1.14 bits per heavy atom. The van der Waals surface area contributed by atoms with Crippen LogP contribution in [0.3, 0.4) is 0 Å². The Kier molecular flexibility index (Phi) is 4.68. The first-order valence-corrected chi connectivity index (χ1v) is 8.71. The lowest BCUT2D eigenvalue weighted by Gasteiger charge is -2.15. The van der Waals surface area contributed by atoms with Crippen LogP contribution in [0.1, 0.15) is 22.5 Å². The number of hydrogen-bond acceptors (Lipinski definition) is 6. The van der Waals surface area contributed by atoms with E-state index < -0.39 is 6.17 Å². The van der Waals surface area contributed by atoms with E-state index in [2.05, 4.69) is 20.1 Å². The first kappa shape index (κ1) is 18.3. The first-order chi connectivity index (χ1) is 13.2. The highest BCUT2D eigenvalue weighted by Gasteiger charge is 2.32. The number of fused-ring (bicyclic) bond motifs is 1. The van der Waals surface area contributed by atoms with Crippen LogP contribution in [0.2, 0.25) is 0 Å². The number of amides is 1. The fourth-order valence-corrected chi connectivity index (χ4v) is 3.42. The van der Waals surface area contributed by atoms with Crippen LogP contribution in [0.25, 0.3) is 5.69 Å². The number of anilines is 2. The van der Waals surface area contributed by atoms with Crippen molar-refractivity contribution in [2.45, 2.75) is 19.1 Å². The van der Waals surface area contributed by atoms with Crippen LogP contribution >= 0.6 is 12.4 Å². The maximum absolute atomic E-state index is 13.3. The van der Waals surface area contributed by atoms with E-state index in [1.165, 1.54) is 0 Å². The van der Waals surface area contributed by atoms with Crippen molar-refractivity contribution in [3.05, 3.63) is 54.4 Å². The molecule has 5 rings (SSSR count). The third kappa shape index (κ3) is 3.07. The average Bonchev–Trinajstić information content (AvgIpc) is 3.39. The minimum atomic E-state index is -0.823. The van der Waals surface area contributed by atoms with Crippen molar-refractivity contribution in [3.63, 3.8) is 0 Å². The first-order valence-electron chi connectivity index (χ1n) is 8.71. The summed E-state index contributed by atoms with van der Waals surface area (Å²) in [5.74, 6) is 0.408. The number of rotatable bonds is 3. The molecule has 10 heteroatoms. The predicted molar refractivity (Wildman–Crippen MR) is 103 cm³/mol. The summed E-state index contributed by atoms with van der Waals surface area (Å²) in [7, 11) is 0. The lowest BCUT2D eigenvalue weighted by Crippen LogP contribution is -2.24. The molecule has 144 valence electrons. The van der Waals surface area contributed by atoms with Gasteiger partial charge in [-0.2, -0.15) is 5.10 Å². The van der Waals surface area contributed by atoms with E-state index in [-0.39, 0.29) is 18.3 Å². The molecular weight excluding hydrogens is 385 g/mol. The molecule has 0 radical (unpaired) electrons. The fourth-order valence-electron chi connectivity index (χ4n) is 3.42. The summed E-state index contributed by atoms with van der Waals surface area (Å²) in [5.41, 5.74) is 2.66. The van der Waals surface area contributed by atoms with Crippen molar-refractivity contribution >= 4 is 29.9 Å². The van der Waals surface area contributed by atoms with E-state index in [1.54, 1.807) is 46.6 Å². The second-order valence-electron chi connectivity index (χ2n) is 6.61. The van der Waals surface area contributed by atoms with Gasteiger partial charge >= 0.3 is 0 Å². The third-order valence-corrected chi connectivity index (χ3v) is 4.83. The molecule has 8 nitrogen and oxygen atoms in total. The van der Waals surface area contributed by atoms with Gasteiger partial charge in [0, 0.05) is 18.9 Å². The van der Waals surface area contributed by atoms with Gasteiger partial charge in [-0.1, -0.05) is 0 Å². The monoisotopic (exact) mass is 401 g/mol. The molecular formula is C18H17ClFN7O. The van der Waals surface area contributed by atoms with E-state index in [9.17, 15) is 9.18 Å². The lowest BCUT2D eigenvalue weighted by atomic mass is 10.3. The van der Waals surface area contributed by atoms with Gasteiger partial charge in [-0.25, -0.2) is 19.0 Å². The molecule has 1 atom stereocenters. The molecule has 1 amide bonds. The van der Waals surface area contributed by atoms with Crippen molar-refractivity contribution in [2.24, 2.45) is 0 Å². The number of halogens is 2. The van der Waals surface area contributed by atoms with E-state index in [0.717, 1.165) is 5.69 Å². The Bertz CT molecular complexity index is 995. The number of alkyl halides is 1. The number of carbonyl (C=O) groups is 1. The van der Waals surface area contributed by atoms with Crippen molar-refractivity contribution in [1.29, 1.82) is 0 Å². The third-order valence-electron chi connectivity index (χ3n) is 4.83. The van der Waals surface area contributed by atoms with Crippen LogP contribution in [0, 0.1) is 0 Å². The Balaban J connectivity index is 0.00000192. The number of aromatic nitrogens is 5. The smallest absolute Gasteiger partial charge is 0.262 e. The van der Waals surface area contributed by atoms with Crippen molar-refractivity contribution in [3.8, 4) is 5.69 Å². The van der Waals surface area contributed by atoms with Gasteiger partial charge in [0.1, 0.15) is 11.9 Å². The molecule has 28 heavy (non-hydrogen) atoms. The highest BCUT2D eigenvalue weighted by atomic mass is 35.5. The fraction of sp³-hybridized carbons (Fsp3) is 0.278. The summed E-state index contributed by atoms with van der Waals surface area (Å²) < 4.78 is 14.9. The maximum Gasteiger partial charge on any atom is 0.262 e. The van der Waals surface area contributed by atoms with Crippen LogP contribution in [0.4, 0.5) is 16.0 Å². The minimum absolute atomic E-state index is 0. The highest BCUT2D eigenvalue weighted by molar-refractivity contribution is 6.09. The quantitative estimate of drug-likeness (QED) is 0.669. The molecule has 1 saturated heterocycles. The summed E-state index contributed by atoms with van der Waals surface area (Å²) in [6.07, 6.45) is 7.98. The van der Waals surface area contributed by atoms with Gasteiger partial charge < -0.3 is 9.80 Å². The zero-order valence-electron chi connectivity index (χ0n) is 14.8. The Hall–Kier alpha value is -3.07. The van der Waals surface area contributed by atoms with Gasteiger partial charge in [-0.05, 0) is 18.6 Å². The molecule has 2 aliphatic rings. The van der Waals surface area contributed by atoms with E-state index in [1.807, 2.05) is 11.0 Å². The second kappa shape index (κ2) is 7.16. The summed E-state index contributed by atoms with van der Waals surface area (Å²) in [4.78, 5) is 28.8. The number of carbonyl (C=O) groups excluding carboxylic acids is 1. The Morgan fingerprint density at radius 2 is 1.96 bits per heavy atom. The molecule has 5 heterocycles. The van der Waals surface area contributed by atoms with Crippen molar-refractivity contribution in [2.75, 3.05) is 22.9 Å². The number of nitrogens with zero attached hydrogens (tertiary/aromatic N) is 7. The summed E-state index contributed by atoms with van der Waals surface area (Å²) >= 11 is 0. The van der Waals surface area contributed by atoms with Gasteiger partial charge in [-0.15, -0.1) is 12.4 Å². The molecule has 0 aliphatic carbocycles. The largest absolute Gasteiger partial charge is 0.338 e. The van der Waals surface area contributed by atoms with Crippen LogP contribution in [0.15, 0.2) is 43.1 Å². The standard InChI is InChI=1S/C18H16FN7O.ClH/c19-12-3-5-24(9-12)18-21-7-14(8-22-18)26-10-15-16(23-26)11-25(17(15)27)13-2-1-4-20-6-13;/h1-2,4,6-8,10,12H,3,5,9,11H2;1H/t12-;/m1./s1. The normalized spacial score (nSPS) is 18.3. The Morgan fingerprint density at radius 3 is 2.61 bits per heavy atom. The van der Waals surface area contributed by atoms with Crippen molar-refractivity contribution < 1.29 is 9.18 Å². The predicted octanol–water partition coefficient (Wildman–Crippen LogP) is 2.19. The lowest BCUT2D eigenvalue weighted by molar-refractivity contribution is 0.0996. The van der Waals surface area contributed by atoms with Crippen LogP contribution in [0.5, 0.6) is 0 Å². The van der Waals surface area contributed by atoms with Gasteiger partial charge in [0.15, 0.2) is 0 Å². The average molecular weight is 402 g/mol. The molecule has 0 unspecified atom stereocenters. The SMILES string of the molecule is Cl.O=C1c2cn(-c3cnc(N4CC[C@@H](F)C4)nc3)nc2CN1c1cccnc1. The second-order valence-corrected chi connectivity index (χ2v) is 6.61. The zero-order chi connectivity index (χ0) is 18.4. The molecule has 0 N–H and O–H groups in total. The topological polar surface area (TPSA) is 80.0 Å². The minimum Gasteiger partial charge on any atom is -0.338 e. The van der Waals surface area contributed by atoms with Crippen LogP contribution in [-0.2, 0) is 6.54 Å². The van der Waals surface area contributed by atoms with Gasteiger partial charge in [0.05, 0.1) is 48.6 Å². The molecule has 0 spiro atoms. The van der Waals surface area contributed by atoms with Gasteiger partial charge in [0.2, 0.25) is 5.95 Å². The molecule has 0 aromatic carbocycles. The summed E-state index contributed by atoms with van der Waals surface area (Å²) in [6, 6.07) is 3.64. The van der Waals surface area contributed by atoms with Crippen molar-refractivity contribution in [1.82, 2.24) is 24.7 Å². The molecule has 2 aliphatic heterocycles. The highest BCUT2D eigenvalue weighted by Crippen LogP contribution is 2.27. The number of pyridine rings is 1. The van der Waals surface area contributed by atoms with E-state index in [4.69, 9.17) is 0 Å². The molecule has 3 aromatic heterocycles. The number of hydrogen-bond donors (Lipinski definition) is 0. The van der Waals surface area contributed by atoms with Gasteiger partial charge in [0.25, 0.3) is 5.91 Å². The summed E-state index contributed by atoms with van der Waals surface area (Å²) in [5, 5.41) is 4.51. The molecule has 3 aromatic rings. The molecule has 0 saturated carbocycles. The molecule has 1 fully saturated rings. The summed E-state index contributed by atoms with van der Waals surface area (Å²) in [6.45, 7) is 1.35. The Labute approximate surface area is 166 Å². The van der Waals surface area contributed by atoms with Gasteiger partial charge in [-0.3, -0.25) is 9.78 Å². The zero-order valence-corrected chi connectivity index (χ0v) is 15.6. The maximum atomic E-state index is 13.3. The molecule has 0 bridgehead atoms. The van der Waals surface area contributed by atoms with Crippen LogP contribution in [-0.4, -0.2) is 49.9 Å². The van der Waals surface area contributed by atoms with Crippen LogP contribution < -0.4 is 9.80 Å².